The van der Waals surface area contributed by atoms with Gasteiger partial charge in [0.2, 0.25) is 11.1 Å². The number of aryl methyl sites for hydroxylation is 2. The SMILES string of the molecule is CCC[n+]1ccc(OCC(=O)SCCc2ncnc(N(C)C)n2)cc1.CO. The normalized spacial score (nSPS) is 9.96. The molecule has 0 saturated heterocycles. The van der Waals surface area contributed by atoms with Crippen LogP contribution in [0, 0.1) is 0 Å². The number of nitrogens with zero attached hydrogens (tertiary/aromatic N) is 5. The van der Waals surface area contributed by atoms with Gasteiger partial charge in [-0.3, -0.25) is 4.79 Å². The lowest BCUT2D eigenvalue weighted by atomic mass is 10.4. The van der Waals surface area contributed by atoms with Crippen LogP contribution in [0.3, 0.4) is 0 Å². The van der Waals surface area contributed by atoms with E-state index >= 15 is 0 Å². The standard InChI is InChI=1S/C17H24N5O2S.CH4O/c1-4-8-22-9-5-14(6-10-22)24-12-16(23)25-11-7-15-18-13-19-17(20-15)21(2)3;1-2/h5-6,9-10,13H,4,7-8,11-12H2,1-3H3;2H,1H3/q+1;. The second-order valence-corrected chi connectivity index (χ2v) is 6.78. The first-order valence-electron chi connectivity index (χ1n) is 8.66. The summed E-state index contributed by atoms with van der Waals surface area (Å²) >= 11 is 1.23. The van der Waals surface area contributed by atoms with Gasteiger partial charge in [0.05, 0.1) is 0 Å². The van der Waals surface area contributed by atoms with Crippen LogP contribution in [0.4, 0.5) is 5.95 Å². The van der Waals surface area contributed by atoms with Gasteiger partial charge >= 0.3 is 0 Å². The minimum atomic E-state index is -0.00724. The molecule has 0 bridgehead atoms. The summed E-state index contributed by atoms with van der Waals surface area (Å²) in [6.45, 7) is 3.16. The van der Waals surface area contributed by atoms with E-state index in [4.69, 9.17) is 9.84 Å². The van der Waals surface area contributed by atoms with Crippen molar-refractivity contribution in [3.8, 4) is 5.75 Å². The summed E-state index contributed by atoms with van der Waals surface area (Å²) in [7, 11) is 4.75. The highest BCUT2D eigenvalue weighted by atomic mass is 32.2. The van der Waals surface area contributed by atoms with Crippen LogP contribution in [0.5, 0.6) is 5.75 Å². The van der Waals surface area contributed by atoms with Crippen molar-refractivity contribution in [2.75, 3.05) is 38.5 Å². The van der Waals surface area contributed by atoms with Crippen molar-refractivity contribution in [3.63, 3.8) is 0 Å². The lowest BCUT2D eigenvalue weighted by Gasteiger charge is -2.09. The largest absolute Gasteiger partial charge is 0.484 e. The summed E-state index contributed by atoms with van der Waals surface area (Å²) in [5.41, 5.74) is 0. The van der Waals surface area contributed by atoms with Crippen molar-refractivity contribution < 1.29 is 19.2 Å². The zero-order valence-corrected chi connectivity index (χ0v) is 17.1. The third-order valence-corrected chi connectivity index (χ3v) is 4.14. The van der Waals surface area contributed by atoms with Crippen LogP contribution in [0.15, 0.2) is 30.9 Å². The molecule has 0 fully saturated rings. The zero-order chi connectivity index (χ0) is 20.1. The highest BCUT2D eigenvalue weighted by molar-refractivity contribution is 8.13. The molecule has 0 aliphatic heterocycles. The number of carbonyl (C=O) groups is 1. The maximum Gasteiger partial charge on any atom is 0.228 e. The molecule has 1 N–H and O–H groups in total. The lowest BCUT2D eigenvalue weighted by Crippen LogP contribution is -2.31. The topological polar surface area (TPSA) is 92.3 Å². The van der Waals surface area contributed by atoms with Gasteiger partial charge in [-0.2, -0.15) is 4.98 Å². The van der Waals surface area contributed by atoms with Gasteiger partial charge in [-0.25, -0.2) is 14.5 Å². The number of hydrogen-bond donors (Lipinski definition) is 1. The third kappa shape index (κ3) is 8.78. The predicted octanol–water partition coefficient (Wildman–Crippen LogP) is 1.12. The molecule has 0 radical (unpaired) electrons. The summed E-state index contributed by atoms with van der Waals surface area (Å²) in [6.07, 6.45) is 7.10. The van der Waals surface area contributed by atoms with Crippen molar-refractivity contribution in [2.45, 2.75) is 26.3 Å². The van der Waals surface area contributed by atoms with E-state index in [2.05, 4.69) is 26.4 Å². The first-order valence-corrected chi connectivity index (χ1v) is 9.64. The summed E-state index contributed by atoms with van der Waals surface area (Å²) in [4.78, 5) is 26.3. The molecule has 2 aromatic heterocycles. The molecule has 148 valence electrons. The molecule has 2 rings (SSSR count). The number of rotatable bonds is 9. The van der Waals surface area contributed by atoms with Gasteiger partial charge in [-0.15, -0.1) is 0 Å². The second kappa shape index (κ2) is 13.0. The van der Waals surface area contributed by atoms with Crippen LogP contribution >= 0.6 is 11.8 Å². The quantitative estimate of drug-likeness (QED) is 0.633. The summed E-state index contributed by atoms with van der Waals surface area (Å²) < 4.78 is 7.61. The van der Waals surface area contributed by atoms with Crippen LogP contribution in [0.2, 0.25) is 0 Å². The van der Waals surface area contributed by atoms with Crippen LogP contribution < -0.4 is 14.2 Å². The summed E-state index contributed by atoms with van der Waals surface area (Å²) in [6, 6.07) is 3.75. The average molecular weight is 395 g/mol. The molecule has 0 spiro atoms. The first kappa shape index (κ1) is 22.8. The minimum Gasteiger partial charge on any atom is -0.484 e. The van der Waals surface area contributed by atoms with E-state index in [1.54, 1.807) is 0 Å². The maximum atomic E-state index is 11.9. The Labute approximate surface area is 164 Å². The third-order valence-electron chi connectivity index (χ3n) is 3.30. The van der Waals surface area contributed by atoms with Crippen LogP contribution in [0.25, 0.3) is 0 Å². The van der Waals surface area contributed by atoms with Crippen molar-refractivity contribution in [1.82, 2.24) is 15.0 Å². The molecule has 27 heavy (non-hydrogen) atoms. The van der Waals surface area contributed by atoms with Crippen LogP contribution in [-0.4, -0.2) is 58.7 Å². The molecule has 2 aromatic rings. The molecule has 9 heteroatoms. The number of aromatic nitrogens is 4. The number of carbonyl (C=O) groups excluding carboxylic acids is 1. The fourth-order valence-electron chi connectivity index (χ4n) is 2.04. The molecular formula is C18H28N5O3S+. The summed E-state index contributed by atoms with van der Waals surface area (Å²) in [5, 5.41) is 6.99. The number of pyridine rings is 1. The second-order valence-electron chi connectivity index (χ2n) is 5.63. The van der Waals surface area contributed by atoms with Gasteiger partial charge < -0.3 is 14.7 Å². The number of aliphatic hydroxyl groups is 1. The molecular weight excluding hydrogens is 366 g/mol. The molecule has 0 aliphatic carbocycles. The molecule has 0 unspecified atom stereocenters. The first-order chi connectivity index (χ1) is 13.1. The number of thioether (sulfide) groups is 1. The van der Waals surface area contributed by atoms with E-state index in [1.165, 1.54) is 18.1 Å². The predicted molar refractivity (Wildman–Crippen MR) is 106 cm³/mol. The Morgan fingerprint density at radius 1 is 1.26 bits per heavy atom. The number of aliphatic hydroxyl groups excluding tert-OH is 1. The van der Waals surface area contributed by atoms with E-state index in [0.29, 0.717) is 29.7 Å². The van der Waals surface area contributed by atoms with E-state index in [1.807, 2.05) is 43.5 Å². The van der Waals surface area contributed by atoms with Gasteiger partial charge in [0.25, 0.3) is 0 Å². The zero-order valence-electron chi connectivity index (χ0n) is 16.3. The molecule has 0 aliphatic rings. The van der Waals surface area contributed by atoms with Crippen molar-refractivity contribution in [1.29, 1.82) is 0 Å². The van der Waals surface area contributed by atoms with E-state index in [0.717, 1.165) is 20.1 Å². The highest BCUT2D eigenvalue weighted by Crippen LogP contribution is 2.10. The maximum absolute atomic E-state index is 11.9. The molecule has 8 nitrogen and oxygen atoms in total. The smallest absolute Gasteiger partial charge is 0.228 e. The Hall–Kier alpha value is -2.26. The fourth-order valence-corrected chi connectivity index (χ4v) is 2.70. The monoisotopic (exact) mass is 394 g/mol. The Morgan fingerprint density at radius 2 is 1.96 bits per heavy atom. The number of hydrogen-bond acceptors (Lipinski definition) is 8. The summed E-state index contributed by atoms with van der Waals surface area (Å²) in [5.74, 6) is 2.62. The average Bonchev–Trinajstić information content (AvgIpc) is 2.69. The van der Waals surface area contributed by atoms with Crippen LogP contribution in [0.1, 0.15) is 19.2 Å². The molecule has 0 saturated carbocycles. The van der Waals surface area contributed by atoms with Gasteiger partial charge in [-0.1, -0.05) is 18.7 Å². The van der Waals surface area contributed by atoms with Crippen molar-refractivity contribution in [3.05, 3.63) is 36.7 Å². The fraction of sp³-hybridized carbons (Fsp3) is 0.500. The van der Waals surface area contributed by atoms with E-state index in [-0.39, 0.29) is 11.7 Å². The van der Waals surface area contributed by atoms with Gasteiger partial charge in [0.1, 0.15) is 24.4 Å². The Bertz CT molecular complexity index is 683. The molecule has 0 amide bonds. The van der Waals surface area contributed by atoms with Crippen molar-refractivity contribution in [2.24, 2.45) is 0 Å². The van der Waals surface area contributed by atoms with Gasteiger partial charge in [0, 0.05) is 51.9 Å². The van der Waals surface area contributed by atoms with E-state index in [9.17, 15) is 4.79 Å². The number of anilines is 1. The van der Waals surface area contributed by atoms with Crippen LogP contribution in [-0.2, 0) is 17.8 Å². The lowest BCUT2D eigenvalue weighted by molar-refractivity contribution is -0.697. The van der Waals surface area contributed by atoms with E-state index < -0.39 is 0 Å². The highest BCUT2D eigenvalue weighted by Gasteiger charge is 2.08. The number of ether oxygens (including phenoxy) is 1. The minimum absolute atomic E-state index is 0.00724. The molecule has 2 heterocycles. The Morgan fingerprint density at radius 3 is 2.59 bits per heavy atom. The van der Waals surface area contributed by atoms with Crippen molar-refractivity contribution >= 4 is 22.8 Å². The molecule has 0 aromatic carbocycles. The van der Waals surface area contributed by atoms with Gasteiger partial charge in [-0.05, 0) is 0 Å². The Balaban J connectivity index is 0.00000176. The molecule has 0 atom stereocenters. The Kier molecular flexibility index (Phi) is 11.0. The van der Waals surface area contributed by atoms with Gasteiger partial charge in [0.15, 0.2) is 19.0 Å².